The number of aliphatic imine (C=N–C) groups is 1. The highest BCUT2D eigenvalue weighted by Gasteiger charge is 2.31. The predicted octanol–water partition coefficient (Wildman–Crippen LogP) is 4.90. The zero-order valence-corrected chi connectivity index (χ0v) is 15.7. The van der Waals surface area contributed by atoms with Gasteiger partial charge in [0.15, 0.2) is 0 Å². The van der Waals surface area contributed by atoms with Crippen molar-refractivity contribution in [2.24, 2.45) is 10.7 Å². The van der Waals surface area contributed by atoms with E-state index in [0.717, 1.165) is 23.3 Å². The van der Waals surface area contributed by atoms with Crippen LogP contribution in [0, 0.1) is 0 Å². The molecule has 0 fully saturated rings. The van der Waals surface area contributed by atoms with Gasteiger partial charge in [0.25, 0.3) is 0 Å². The van der Waals surface area contributed by atoms with Gasteiger partial charge in [-0.1, -0.05) is 36.9 Å². The molecule has 28 heavy (non-hydrogen) atoms. The summed E-state index contributed by atoms with van der Waals surface area (Å²) in [6, 6.07) is 9.61. The van der Waals surface area contributed by atoms with E-state index in [2.05, 4.69) is 18.3 Å². The number of hydrogen-bond acceptors (Lipinski definition) is 4. The lowest BCUT2D eigenvalue weighted by Crippen LogP contribution is -2.32. The Labute approximate surface area is 165 Å². The topological polar surface area (TPSA) is 75.7 Å². The van der Waals surface area contributed by atoms with Crippen LogP contribution in [0.25, 0.3) is 4.91 Å². The zero-order valence-electron chi connectivity index (χ0n) is 14.9. The van der Waals surface area contributed by atoms with Crippen molar-refractivity contribution in [3.63, 3.8) is 0 Å². The van der Waals surface area contributed by atoms with Gasteiger partial charge < -0.3 is 10.8 Å². The second-order valence-corrected chi connectivity index (χ2v) is 7.14. The highest BCUT2D eigenvalue weighted by molar-refractivity contribution is 8.07. The monoisotopic (exact) mass is 408 g/mol. The molecule has 8 heteroatoms. The van der Waals surface area contributed by atoms with Crippen molar-refractivity contribution in [3.05, 3.63) is 71.3 Å². The molecule has 0 aliphatic heterocycles. The van der Waals surface area contributed by atoms with E-state index in [1.165, 1.54) is 17.8 Å². The molecule has 148 valence electrons. The van der Waals surface area contributed by atoms with Crippen LogP contribution in [0.3, 0.4) is 0 Å². The molecule has 0 radical (unpaired) electrons. The molecule has 0 aliphatic carbocycles. The first-order valence-corrected chi connectivity index (χ1v) is 9.16. The van der Waals surface area contributed by atoms with Gasteiger partial charge in [0, 0.05) is 16.2 Å². The minimum atomic E-state index is -4.45. The molecule has 0 aromatic heterocycles. The van der Waals surface area contributed by atoms with Gasteiger partial charge in [-0.05, 0) is 36.4 Å². The second-order valence-electron chi connectivity index (χ2n) is 6.07. The lowest BCUT2D eigenvalue weighted by atomic mass is 10.0. The van der Waals surface area contributed by atoms with E-state index in [9.17, 15) is 18.0 Å². The molecule has 2 rings (SSSR count). The van der Waals surface area contributed by atoms with Gasteiger partial charge in [-0.3, -0.25) is 9.79 Å². The Morgan fingerprint density at radius 3 is 2.50 bits per heavy atom. The highest BCUT2D eigenvalue weighted by atomic mass is 32.2. The highest BCUT2D eigenvalue weighted by Crippen LogP contribution is 2.38. The third kappa shape index (κ3) is 5.71. The molecule has 0 saturated carbocycles. The zero-order chi connectivity index (χ0) is 20.9. The molecule has 0 heterocycles. The molecular weight excluding hydrogens is 389 g/mol. The summed E-state index contributed by atoms with van der Waals surface area (Å²) in [7, 11) is 0. The molecule has 2 aromatic carbocycles. The van der Waals surface area contributed by atoms with Crippen molar-refractivity contribution >= 4 is 35.0 Å². The number of nitrogens with two attached hydrogens (primary N) is 1. The number of rotatable bonds is 8. The molecule has 1 atom stereocenters. The summed E-state index contributed by atoms with van der Waals surface area (Å²) in [5, 5.41) is 8.91. The van der Waals surface area contributed by atoms with Crippen LogP contribution < -0.4 is 5.73 Å². The average Bonchev–Trinajstić information content (AvgIpc) is 2.65. The number of thioether (sulfide) groups is 1. The number of carbonyl (C=O) groups is 1. The van der Waals surface area contributed by atoms with Crippen molar-refractivity contribution in [1.82, 2.24) is 0 Å². The summed E-state index contributed by atoms with van der Waals surface area (Å²) in [6.45, 7) is 7.27. The van der Waals surface area contributed by atoms with E-state index in [0.29, 0.717) is 16.2 Å². The Balaban J connectivity index is 2.10. The summed E-state index contributed by atoms with van der Waals surface area (Å²) in [5.41, 5.74) is 7.08. The third-order valence-electron chi connectivity index (χ3n) is 3.97. The Hall–Kier alpha value is -2.58. The van der Waals surface area contributed by atoms with Crippen molar-refractivity contribution in [3.8, 4) is 0 Å². The normalized spacial score (nSPS) is 12.4. The minimum absolute atomic E-state index is 0.119. The van der Waals surface area contributed by atoms with Gasteiger partial charge in [0.1, 0.15) is 6.04 Å². The minimum Gasteiger partial charge on any atom is -0.480 e. The number of hydrogen-bond donors (Lipinski definition) is 2. The van der Waals surface area contributed by atoms with Crippen LogP contribution in [-0.2, 0) is 23.1 Å². The first-order valence-electron chi connectivity index (χ1n) is 8.18. The number of benzene rings is 2. The van der Waals surface area contributed by atoms with Crippen molar-refractivity contribution in [2.45, 2.75) is 24.4 Å². The Kier molecular flexibility index (Phi) is 7.04. The maximum atomic E-state index is 12.8. The molecule has 3 N–H and O–H groups in total. The number of halogens is 3. The van der Waals surface area contributed by atoms with Gasteiger partial charge >= 0.3 is 12.1 Å². The summed E-state index contributed by atoms with van der Waals surface area (Å²) < 4.78 is 38.5. The molecule has 2 aromatic rings. The molecule has 0 bridgehead atoms. The molecule has 0 aliphatic rings. The van der Waals surface area contributed by atoms with Crippen LogP contribution in [0.2, 0.25) is 0 Å². The van der Waals surface area contributed by atoms with Crippen LogP contribution in [0.5, 0.6) is 0 Å². The standard InChI is InChI=1S/C20H19F3N2O2S/c1-12(16-7-6-15(20(21,22)23)10-18(16)25-2)28-11-14-5-3-4-13(8-14)9-17(24)19(26)27/h3-8,10,17H,1-2,9,11,24H2,(H,26,27). The summed E-state index contributed by atoms with van der Waals surface area (Å²) >= 11 is 1.35. The number of aliphatic carboxylic acids is 1. The van der Waals surface area contributed by atoms with Crippen LogP contribution in [0.4, 0.5) is 18.9 Å². The number of alkyl halides is 3. The van der Waals surface area contributed by atoms with Crippen LogP contribution >= 0.6 is 11.8 Å². The van der Waals surface area contributed by atoms with Gasteiger partial charge in [-0.25, -0.2) is 0 Å². The van der Waals surface area contributed by atoms with Crippen molar-refractivity contribution in [2.75, 3.05) is 0 Å². The quantitative estimate of drug-likeness (QED) is 0.610. The van der Waals surface area contributed by atoms with Gasteiger partial charge in [0.2, 0.25) is 0 Å². The Morgan fingerprint density at radius 1 is 1.21 bits per heavy atom. The van der Waals surface area contributed by atoms with Crippen LogP contribution in [0.1, 0.15) is 22.3 Å². The SMILES string of the molecule is C=Nc1cc(C(F)(F)F)ccc1C(=C)SCc1cccc(CC(N)C(=O)O)c1. The lowest BCUT2D eigenvalue weighted by Gasteiger charge is -2.13. The number of nitrogens with zero attached hydrogens (tertiary/aromatic N) is 1. The molecule has 1 unspecified atom stereocenters. The summed E-state index contributed by atoms with van der Waals surface area (Å²) in [6.07, 6.45) is -4.25. The molecule has 0 spiro atoms. The van der Waals surface area contributed by atoms with Crippen LogP contribution in [-0.4, -0.2) is 23.8 Å². The summed E-state index contributed by atoms with van der Waals surface area (Å²) in [5.74, 6) is -0.563. The van der Waals surface area contributed by atoms with Gasteiger partial charge in [0.05, 0.1) is 11.3 Å². The molecular formula is C20H19F3N2O2S. The Bertz CT molecular complexity index is 897. The van der Waals surface area contributed by atoms with Crippen molar-refractivity contribution < 1.29 is 23.1 Å². The third-order valence-corrected chi connectivity index (χ3v) is 5.02. The summed E-state index contributed by atoms with van der Waals surface area (Å²) in [4.78, 5) is 15.1. The fourth-order valence-electron chi connectivity index (χ4n) is 2.51. The van der Waals surface area contributed by atoms with E-state index >= 15 is 0 Å². The first kappa shape index (κ1) is 21.7. The maximum Gasteiger partial charge on any atom is 0.416 e. The lowest BCUT2D eigenvalue weighted by molar-refractivity contribution is -0.139. The second kappa shape index (κ2) is 9.07. The molecule has 0 saturated heterocycles. The van der Waals surface area contributed by atoms with Gasteiger partial charge in [-0.15, -0.1) is 11.8 Å². The van der Waals surface area contributed by atoms with E-state index in [1.807, 2.05) is 12.1 Å². The van der Waals surface area contributed by atoms with E-state index in [1.54, 1.807) is 12.1 Å². The van der Waals surface area contributed by atoms with Gasteiger partial charge in [-0.2, -0.15) is 13.2 Å². The number of carboxylic acid groups (broad SMARTS) is 1. The largest absolute Gasteiger partial charge is 0.480 e. The predicted molar refractivity (Wildman–Crippen MR) is 107 cm³/mol. The molecule has 4 nitrogen and oxygen atoms in total. The van der Waals surface area contributed by atoms with Crippen molar-refractivity contribution in [1.29, 1.82) is 0 Å². The van der Waals surface area contributed by atoms with E-state index in [-0.39, 0.29) is 12.1 Å². The Morgan fingerprint density at radius 2 is 1.89 bits per heavy atom. The average molecular weight is 408 g/mol. The number of carboxylic acids is 1. The smallest absolute Gasteiger partial charge is 0.416 e. The fourth-order valence-corrected chi connectivity index (χ4v) is 3.36. The van der Waals surface area contributed by atoms with E-state index in [4.69, 9.17) is 10.8 Å². The van der Waals surface area contributed by atoms with E-state index < -0.39 is 23.8 Å². The first-order chi connectivity index (χ1) is 13.1. The fraction of sp³-hybridized carbons (Fsp3) is 0.200. The van der Waals surface area contributed by atoms with Crippen LogP contribution in [0.15, 0.2) is 54.0 Å². The maximum absolute atomic E-state index is 12.8. The molecule has 0 amide bonds.